The summed E-state index contributed by atoms with van der Waals surface area (Å²) in [5.41, 5.74) is 0. The second-order valence-corrected chi connectivity index (χ2v) is 13.4. The third-order valence-electron chi connectivity index (χ3n) is 0. The molecule has 0 saturated heterocycles. The Hall–Kier alpha value is -0.438. The van der Waals surface area contributed by atoms with Crippen LogP contribution < -0.4 is 89.2 Å². The van der Waals surface area contributed by atoms with E-state index in [9.17, 15) is 0 Å². The van der Waals surface area contributed by atoms with Crippen LogP contribution in [0.2, 0.25) is 0 Å². The van der Waals surface area contributed by atoms with Gasteiger partial charge < -0.3 is 0 Å². The predicted molar refractivity (Wildman–Crippen MR) is 73.8 cm³/mol. The molecule has 0 bridgehead atoms. The van der Waals surface area contributed by atoms with E-state index in [1.165, 1.54) is 0 Å². The molecular weight excluding hydrogens is 1470 g/mol. The van der Waals surface area contributed by atoms with Gasteiger partial charge in [0, 0.05) is 0 Å². The van der Waals surface area contributed by atoms with Crippen LogP contribution in [0, 0.1) is 0 Å². The van der Waals surface area contributed by atoms with Gasteiger partial charge in [0.15, 0.2) is 0 Å². The quantitative estimate of drug-likeness (QED) is 0.203. The van der Waals surface area contributed by atoms with Crippen molar-refractivity contribution in [1.29, 1.82) is 0 Å². The molecule has 0 aliphatic rings. The normalized spacial score (nSPS) is 5.96. The Kier molecular flexibility index (Phi) is 441. The monoisotopic (exact) mass is 1470 g/mol. The molecule has 0 heterocycles. The van der Waals surface area contributed by atoms with Crippen molar-refractivity contribution in [3.8, 4) is 0 Å². The molecule has 0 aromatic heterocycles. The molecule has 0 aliphatic heterocycles. The first-order valence-electron chi connectivity index (χ1n) is 5.12. The topological polar surface area (TPSA) is 526 Å². The summed E-state index contributed by atoms with van der Waals surface area (Å²) in [5.74, 6) is 0. The number of hydrogen-bond acceptors (Lipinski definition) is 28. The Morgan fingerprint density at radius 2 is 0.213 bits per heavy atom. The SMILES string of the molecule is [C]=O.[C]=O.[C]=O.[C]=O.[C]=O.[C]=O.[C]=O.[C]=O.[C]=O.[C]=O.[C]=O.[C]=O.[Mo+6].[Na+].[Na+].[O]=[W](=[O])([O-])[O-].[O]=[W](=[O])([O-])[O-].[O]=[W](=[O])([O-])[O-].[O]=[W](=[O])([O-])[O-]. The third kappa shape index (κ3) is 450000. The summed E-state index contributed by atoms with van der Waals surface area (Å²) in [6.45, 7) is 54.0. The van der Waals surface area contributed by atoms with Gasteiger partial charge in [-0.3, -0.25) is 57.5 Å². The zero-order chi connectivity index (χ0) is 42.0. The van der Waals surface area contributed by atoms with E-state index in [1.54, 1.807) is 0 Å². The fourth-order valence-electron chi connectivity index (χ4n) is 0. The molecule has 0 spiro atoms. The van der Waals surface area contributed by atoms with E-state index < -0.39 is 67.0 Å². The Bertz CT molecular complexity index is 663. The van der Waals surface area contributed by atoms with Gasteiger partial charge in [0.1, 0.15) is 0 Å². The zero-order valence-corrected chi connectivity index (χ0v) is 39.2. The van der Waals surface area contributed by atoms with Crippen LogP contribution in [0.4, 0.5) is 0 Å². The summed E-state index contributed by atoms with van der Waals surface area (Å²) < 4.78 is 138. The van der Waals surface area contributed by atoms with E-state index >= 15 is 0 Å². The average Bonchev–Trinajstić information content (AvgIpc) is 2.98. The van der Waals surface area contributed by atoms with E-state index in [2.05, 4.69) is 81.5 Å². The summed E-state index contributed by atoms with van der Waals surface area (Å²) in [6.07, 6.45) is 0. The van der Waals surface area contributed by atoms with E-state index in [0.717, 1.165) is 0 Å². The van der Waals surface area contributed by atoms with Crippen LogP contribution in [0.15, 0.2) is 0 Å². The molecule has 0 aromatic carbocycles. The van der Waals surface area contributed by atoms with Gasteiger partial charge in [-0.2, -0.15) is 0 Å². The summed E-state index contributed by atoms with van der Waals surface area (Å²) in [4.78, 5) is 90.0. The minimum absolute atomic E-state index is 0. The van der Waals surface area contributed by atoms with Crippen LogP contribution in [-0.4, -0.2) is 81.5 Å². The molecule has 0 fully saturated rings. The van der Waals surface area contributed by atoms with Crippen molar-refractivity contribution in [2.45, 2.75) is 0 Å². The summed E-state index contributed by atoms with van der Waals surface area (Å²) in [7, 11) is 0. The first kappa shape index (κ1) is 127. The number of carbonyl (C=O) groups excluding carboxylic acids is 12. The van der Waals surface area contributed by atoms with Gasteiger partial charge in [0.25, 0.3) is 81.5 Å². The van der Waals surface area contributed by atoms with Crippen molar-refractivity contribution in [3.63, 3.8) is 0 Å². The van der Waals surface area contributed by atoms with Gasteiger partial charge in [-0.25, -0.2) is 0 Å². The maximum atomic E-state index is 8.65. The second kappa shape index (κ2) is 163. The fourth-order valence-corrected chi connectivity index (χ4v) is 0. The van der Waals surface area contributed by atoms with Gasteiger partial charge in [-0.15, -0.1) is 0 Å². The van der Waals surface area contributed by atoms with Crippen LogP contribution in [0.1, 0.15) is 0 Å². The van der Waals surface area contributed by atoms with Gasteiger partial charge in [-0.05, 0) is 0 Å². The van der Waals surface area contributed by atoms with Crippen molar-refractivity contribution < 1.29 is 262 Å². The third-order valence-corrected chi connectivity index (χ3v) is 0. The molecule has 248 valence electrons. The molecule has 28 nitrogen and oxygen atoms in total. The van der Waals surface area contributed by atoms with Gasteiger partial charge in [0.2, 0.25) is 0 Å². The van der Waals surface area contributed by atoms with Crippen LogP contribution in [0.25, 0.3) is 0 Å². The van der Waals surface area contributed by atoms with E-state index in [-0.39, 0.29) is 80.2 Å². The first-order valence-corrected chi connectivity index (χ1v) is 24.3. The number of rotatable bonds is 0. The summed E-state index contributed by atoms with van der Waals surface area (Å²) >= 11 is -24.7. The Morgan fingerprint density at radius 3 is 0.213 bits per heavy atom. The Labute approximate surface area is 339 Å². The fraction of sp³-hybridized carbons (Fsp3) is 0. The molecule has 24 radical (unpaired) electrons. The summed E-state index contributed by atoms with van der Waals surface area (Å²) in [5, 5.41) is 0. The molecule has 47 heavy (non-hydrogen) atoms. The summed E-state index contributed by atoms with van der Waals surface area (Å²) in [6, 6.07) is 0. The molecule has 0 N–H and O–H groups in total. The van der Waals surface area contributed by atoms with Crippen LogP contribution in [-0.2, 0) is 173 Å². The van der Waals surface area contributed by atoms with Crippen LogP contribution in [0.3, 0.4) is 0 Å². The van der Waals surface area contributed by atoms with Crippen molar-refractivity contribution in [2.75, 3.05) is 0 Å². The van der Waals surface area contributed by atoms with Crippen molar-refractivity contribution in [1.82, 2.24) is 0 Å². The van der Waals surface area contributed by atoms with Gasteiger partial charge in [0.05, 0.1) is 0 Å². The van der Waals surface area contributed by atoms with Crippen molar-refractivity contribution >= 4 is 81.5 Å². The van der Waals surface area contributed by atoms with Gasteiger partial charge >= 0.3 is 204 Å². The van der Waals surface area contributed by atoms with E-state index in [1.807, 2.05) is 0 Å². The molecule has 0 aromatic rings. The minimum atomic E-state index is -6.17. The number of hydrogen-bond donors (Lipinski definition) is 0. The van der Waals surface area contributed by atoms with E-state index in [4.69, 9.17) is 115 Å². The van der Waals surface area contributed by atoms with Crippen LogP contribution >= 0.6 is 0 Å². The molecule has 0 saturated carbocycles. The maximum absolute atomic E-state index is 8.65. The molecule has 0 amide bonds. The second-order valence-electron chi connectivity index (χ2n) is 1.63. The molecule has 0 atom stereocenters. The average molecular weight is 1470 g/mol. The van der Waals surface area contributed by atoms with Gasteiger partial charge in [-0.1, -0.05) is 0 Å². The Morgan fingerprint density at radius 1 is 0.213 bits per heavy atom. The Balaban J connectivity index is -0.0000000107. The molecule has 0 aliphatic carbocycles. The molecule has 0 rings (SSSR count). The van der Waals surface area contributed by atoms with Crippen LogP contribution in [0.5, 0.6) is 0 Å². The molecule has 35 heteroatoms. The zero-order valence-electron chi connectivity index (χ0n) is 21.5. The van der Waals surface area contributed by atoms with E-state index in [0.29, 0.717) is 0 Å². The standard InChI is InChI=1S/12CO.Mo.2Na.16O.4W/c12*1-2;;;;;;;;;;;;;;;;;;;;;;;/q;;;;;;;;;;;;+6;2*+1;;;;;;;;;8*-1;;;;. The molecular formula is C12MoNa2O28W4. The van der Waals surface area contributed by atoms with Crippen molar-refractivity contribution in [3.05, 3.63) is 0 Å². The van der Waals surface area contributed by atoms with Crippen molar-refractivity contribution in [2.24, 2.45) is 0 Å². The molecule has 0 unspecified atom stereocenters. The first-order chi connectivity index (χ1) is 20.0. The predicted octanol–water partition coefficient (Wildman–Crippen LogP) is -21.2.